The van der Waals surface area contributed by atoms with Crippen molar-refractivity contribution in [2.75, 3.05) is 0 Å². The highest BCUT2D eigenvalue weighted by atomic mass is 17.4. The Morgan fingerprint density at radius 2 is 1.22 bits per heavy atom. The Morgan fingerprint density at radius 1 is 0.757 bits per heavy atom. The largest absolute Gasteiger partial charge is 0.420 e. The minimum atomic E-state index is -1.50. The molecule has 1 rings (SSSR count). The lowest BCUT2D eigenvalue weighted by Crippen LogP contribution is -2.55. The smallest absolute Gasteiger partial charge is 0.393 e. The third-order valence-corrected chi connectivity index (χ3v) is 7.79. The van der Waals surface area contributed by atoms with Crippen LogP contribution in [0.3, 0.4) is 0 Å². The molecule has 1 N–H and O–H groups in total. The molecule has 1 aliphatic rings. The van der Waals surface area contributed by atoms with E-state index in [1.165, 1.54) is 0 Å². The van der Waals surface area contributed by atoms with Crippen molar-refractivity contribution in [3.8, 4) is 0 Å². The monoisotopic (exact) mass is 528 g/mol. The maximum atomic E-state index is 13.9. The summed E-state index contributed by atoms with van der Waals surface area (Å²) >= 11 is 0. The van der Waals surface area contributed by atoms with Gasteiger partial charge in [0.05, 0.1) is 11.5 Å². The fourth-order valence-electron chi connectivity index (χ4n) is 5.90. The number of rotatable bonds is 13. The van der Waals surface area contributed by atoms with Crippen LogP contribution in [0.5, 0.6) is 0 Å². The van der Waals surface area contributed by atoms with E-state index in [0.29, 0.717) is 19.3 Å². The molecule has 2 unspecified atom stereocenters. The van der Waals surface area contributed by atoms with Gasteiger partial charge in [0.15, 0.2) is 0 Å². The van der Waals surface area contributed by atoms with E-state index >= 15 is 0 Å². The zero-order valence-corrected chi connectivity index (χ0v) is 25.8. The molecule has 0 bridgehead atoms. The molecule has 0 aromatic rings. The van der Waals surface area contributed by atoms with Gasteiger partial charge in [0.25, 0.3) is 0 Å². The van der Waals surface area contributed by atoms with Crippen molar-refractivity contribution in [3.63, 3.8) is 0 Å². The van der Waals surface area contributed by atoms with E-state index in [4.69, 9.17) is 19.6 Å². The van der Waals surface area contributed by atoms with E-state index in [0.717, 1.165) is 38.5 Å². The lowest BCUT2D eigenvalue weighted by molar-refractivity contribution is -0.281. The van der Waals surface area contributed by atoms with Gasteiger partial charge in [-0.3, -0.25) is 0 Å². The summed E-state index contributed by atoms with van der Waals surface area (Å²) in [5.41, 5.74) is -1.78. The van der Waals surface area contributed by atoms with E-state index in [1.54, 1.807) is 6.92 Å². The zero-order chi connectivity index (χ0) is 28.9. The van der Waals surface area contributed by atoms with Crippen LogP contribution in [0.15, 0.2) is 0 Å². The first-order chi connectivity index (χ1) is 16.6. The van der Waals surface area contributed by atoms with Crippen LogP contribution in [-0.4, -0.2) is 28.9 Å². The van der Waals surface area contributed by atoms with Gasteiger partial charge in [-0.15, -0.1) is 0 Å². The highest BCUT2D eigenvalue weighted by molar-refractivity contribution is 5.82. The van der Waals surface area contributed by atoms with Crippen LogP contribution < -0.4 is 0 Å². The minimum Gasteiger partial charge on any atom is -0.393 e. The van der Waals surface area contributed by atoms with Crippen LogP contribution in [0.2, 0.25) is 0 Å². The highest BCUT2D eigenvalue weighted by Crippen LogP contribution is 2.58. The molecule has 0 saturated carbocycles. The number of unbranched alkanes of at least 4 members (excludes halogenated alkanes) is 2. The fraction of sp³-hybridized carbons (Fsp3) is 0.933. The van der Waals surface area contributed by atoms with Crippen molar-refractivity contribution in [3.05, 3.63) is 0 Å². The Hall–Kier alpha value is -1.18. The number of hydrogen-bond acceptors (Lipinski definition) is 7. The van der Waals surface area contributed by atoms with Gasteiger partial charge < -0.3 is 5.11 Å². The molecule has 0 aromatic carbocycles. The van der Waals surface area contributed by atoms with E-state index in [9.17, 15) is 14.7 Å². The Morgan fingerprint density at radius 3 is 1.62 bits per heavy atom. The quantitative estimate of drug-likeness (QED) is 0.113. The molecule has 1 fully saturated rings. The standard InChI is InChI=1S/C30H56O7/c1-22(31)21-28(11,12)29(27(8,9)10,19-15-13-17-25(2,3)4)23(32)34-35-24(33)30(36-37-30)20-16-14-18-26(5,6)7/h22,31H,13-21H2,1-12H3. The van der Waals surface area contributed by atoms with Crippen molar-refractivity contribution in [2.45, 2.75) is 153 Å². The average molecular weight is 529 g/mol. The lowest BCUT2D eigenvalue weighted by Gasteiger charge is -2.52. The van der Waals surface area contributed by atoms with Crippen molar-refractivity contribution in [1.82, 2.24) is 0 Å². The number of aliphatic hydroxyl groups is 1. The van der Waals surface area contributed by atoms with Crippen LogP contribution in [0.25, 0.3) is 0 Å². The highest BCUT2D eigenvalue weighted by Gasteiger charge is 2.62. The summed E-state index contributed by atoms with van der Waals surface area (Å²) in [6.07, 6.45) is 6.13. The van der Waals surface area contributed by atoms with Crippen LogP contribution in [0.1, 0.15) is 141 Å². The van der Waals surface area contributed by atoms with Crippen LogP contribution in [0, 0.1) is 27.1 Å². The molecule has 1 saturated heterocycles. The van der Waals surface area contributed by atoms with Gasteiger partial charge in [-0.1, -0.05) is 95.4 Å². The summed E-state index contributed by atoms with van der Waals surface area (Å²) in [5, 5.41) is 10.3. The molecule has 37 heavy (non-hydrogen) atoms. The summed E-state index contributed by atoms with van der Waals surface area (Å²) in [4.78, 5) is 47.1. The zero-order valence-electron chi connectivity index (χ0n) is 25.8. The summed E-state index contributed by atoms with van der Waals surface area (Å²) in [6.45, 7) is 24.9. The van der Waals surface area contributed by atoms with Gasteiger partial charge in [0.2, 0.25) is 0 Å². The van der Waals surface area contributed by atoms with Crippen molar-refractivity contribution in [2.24, 2.45) is 27.1 Å². The second-order valence-corrected chi connectivity index (χ2v) is 15.3. The molecule has 0 amide bonds. The Balaban J connectivity index is 3.04. The van der Waals surface area contributed by atoms with Crippen molar-refractivity contribution < 1.29 is 34.2 Å². The van der Waals surface area contributed by atoms with Crippen molar-refractivity contribution >= 4 is 11.9 Å². The molecule has 0 aromatic heterocycles. The first-order valence-electron chi connectivity index (χ1n) is 14.1. The van der Waals surface area contributed by atoms with Gasteiger partial charge in [-0.05, 0) is 60.7 Å². The number of hydrogen-bond donors (Lipinski definition) is 1. The van der Waals surface area contributed by atoms with Crippen LogP contribution in [-0.2, 0) is 29.1 Å². The molecule has 2 atom stereocenters. The first kappa shape index (κ1) is 33.8. The summed E-state index contributed by atoms with van der Waals surface area (Å²) in [7, 11) is 0. The third kappa shape index (κ3) is 9.81. The van der Waals surface area contributed by atoms with E-state index < -0.39 is 40.1 Å². The van der Waals surface area contributed by atoms with E-state index in [-0.39, 0.29) is 10.8 Å². The van der Waals surface area contributed by atoms with E-state index in [1.807, 2.05) is 34.6 Å². The molecule has 1 aliphatic heterocycles. The van der Waals surface area contributed by atoms with Gasteiger partial charge in [-0.25, -0.2) is 19.4 Å². The summed E-state index contributed by atoms with van der Waals surface area (Å²) in [5.74, 6) is -2.94. The minimum absolute atomic E-state index is 0.195. The van der Waals surface area contributed by atoms with Crippen LogP contribution in [0.4, 0.5) is 0 Å². The predicted molar refractivity (Wildman–Crippen MR) is 145 cm³/mol. The molecule has 0 radical (unpaired) electrons. The SMILES string of the molecule is CC(O)CC(C)(C)C(CCCCC(C)(C)C)(C(=O)OOC(=O)C1(CCCCC(C)(C)C)OO1)C(C)(C)C. The molecular weight excluding hydrogens is 472 g/mol. The summed E-state index contributed by atoms with van der Waals surface area (Å²) < 4.78 is 0. The summed E-state index contributed by atoms with van der Waals surface area (Å²) in [6, 6.07) is 0. The molecule has 7 nitrogen and oxygen atoms in total. The molecule has 7 heteroatoms. The predicted octanol–water partition coefficient (Wildman–Crippen LogP) is 7.69. The Labute approximate surface area is 226 Å². The average Bonchev–Trinajstić information content (AvgIpc) is 3.46. The molecular formula is C30H56O7. The normalized spacial score (nSPS) is 18.6. The van der Waals surface area contributed by atoms with Gasteiger partial charge in [0.1, 0.15) is 0 Å². The number of carbonyl (C=O) groups excluding carboxylic acids is 2. The van der Waals surface area contributed by atoms with Gasteiger partial charge in [-0.2, -0.15) is 9.78 Å². The Bertz CT molecular complexity index is 745. The first-order valence-corrected chi connectivity index (χ1v) is 14.1. The fourth-order valence-corrected chi connectivity index (χ4v) is 5.90. The maximum absolute atomic E-state index is 13.9. The second kappa shape index (κ2) is 12.3. The van der Waals surface area contributed by atoms with Gasteiger partial charge in [0, 0.05) is 6.42 Å². The third-order valence-electron chi connectivity index (χ3n) is 7.79. The molecule has 218 valence electrons. The molecule has 0 aliphatic carbocycles. The number of carbonyl (C=O) groups is 2. The molecule has 1 heterocycles. The second-order valence-electron chi connectivity index (χ2n) is 15.3. The number of aliphatic hydroxyl groups excluding tert-OH is 1. The molecule has 0 spiro atoms. The Kier molecular flexibility index (Phi) is 11.3. The van der Waals surface area contributed by atoms with Gasteiger partial charge >= 0.3 is 17.7 Å². The topological polar surface area (TPSA) is 97.9 Å². The lowest BCUT2D eigenvalue weighted by atomic mass is 9.50. The maximum Gasteiger partial charge on any atom is 0.420 e. The van der Waals surface area contributed by atoms with Crippen molar-refractivity contribution in [1.29, 1.82) is 0 Å². The van der Waals surface area contributed by atoms with Crippen LogP contribution >= 0.6 is 0 Å². The van der Waals surface area contributed by atoms with E-state index in [2.05, 4.69) is 41.5 Å².